The summed E-state index contributed by atoms with van der Waals surface area (Å²) in [7, 11) is 1.64. The van der Waals surface area contributed by atoms with Crippen LogP contribution in [-0.2, 0) is 17.8 Å². The highest BCUT2D eigenvalue weighted by atomic mass is 19.1. The molecule has 0 radical (unpaired) electrons. The summed E-state index contributed by atoms with van der Waals surface area (Å²) in [5, 5.41) is 0. The number of aryl methyl sites for hydroxylation is 1. The number of hydrogen-bond donors (Lipinski definition) is 0. The first-order chi connectivity index (χ1) is 10.6. The minimum absolute atomic E-state index is 0.0536. The number of halogens is 1. The van der Waals surface area contributed by atoms with Gasteiger partial charge in [-0.1, -0.05) is 43.3 Å². The summed E-state index contributed by atoms with van der Waals surface area (Å²) in [6, 6.07) is 14.1. The number of carbonyl (C=O) groups excluding carboxylic acids is 1. The molecule has 22 heavy (non-hydrogen) atoms. The molecule has 0 atom stereocenters. The second kappa shape index (κ2) is 7.59. The van der Waals surface area contributed by atoms with Crippen molar-refractivity contribution in [3.63, 3.8) is 0 Å². The third-order valence-corrected chi connectivity index (χ3v) is 3.50. The van der Waals surface area contributed by atoms with Gasteiger partial charge < -0.3 is 9.64 Å². The molecule has 0 aromatic heterocycles. The highest BCUT2D eigenvalue weighted by molar-refractivity contribution is 5.77. The third kappa shape index (κ3) is 4.07. The molecule has 0 fully saturated rings. The van der Waals surface area contributed by atoms with Crippen LogP contribution in [0.2, 0.25) is 0 Å². The number of rotatable bonds is 6. The first-order valence-electron chi connectivity index (χ1n) is 7.30. The predicted molar refractivity (Wildman–Crippen MR) is 84.2 cm³/mol. The molecule has 0 bridgehead atoms. The summed E-state index contributed by atoms with van der Waals surface area (Å²) in [6.45, 7) is 2.21. The molecule has 0 heterocycles. The standard InChI is InChI=1S/C18H20FNO2/c1-3-14-8-5-7-11-17(14)22-13-18(21)20(2)12-15-9-4-6-10-16(15)19/h4-11H,3,12-13H2,1-2H3. The molecule has 0 aliphatic rings. The first-order valence-corrected chi connectivity index (χ1v) is 7.30. The van der Waals surface area contributed by atoms with E-state index in [0.29, 0.717) is 5.56 Å². The van der Waals surface area contributed by atoms with Crippen LogP contribution < -0.4 is 4.74 Å². The van der Waals surface area contributed by atoms with E-state index in [1.165, 1.54) is 11.0 Å². The molecular formula is C18H20FNO2. The summed E-state index contributed by atoms with van der Waals surface area (Å²) >= 11 is 0. The van der Waals surface area contributed by atoms with Crippen molar-refractivity contribution >= 4 is 5.91 Å². The molecule has 2 aromatic carbocycles. The van der Waals surface area contributed by atoms with Gasteiger partial charge in [0.1, 0.15) is 11.6 Å². The number of carbonyl (C=O) groups is 1. The number of para-hydroxylation sites is 1. The van der Waals surface area contributed by atoms with E-state index in [9.17, 15) is 9.18 Å². The van der Waals surface area contributed by atoms with Crippen molar-refractivity contribution in [1.29, 1.82) is 0 Å². The zero-order valence-electron chi connectivity index (χ0n) is 12.9. The van der Waals surface area contributed by atoms with Crippen LogP contribution in [0.15, 0.2) is 48.5 Å². The van der Waals surface area contributed by atoms with Crippen LogP contribution in [0.1, 0.15) is 18.1 Å². The number of nitrogens with zero attached hydrogens (tertiary/aromatic N) is 1. The smallest absolute Gasteiger partial charge is 0.260 e. The van der Waals surface area contributed by atoms with Crippen LogP contribution in [0, 0.1) is 5.82 Å². The van der Waals surface area contributed by atoms with Gasteiger partial charge in [-0.3, -0.25) is 4.79 Å². The normalized spacial score (nSPS) is 10.3. The van der Waals surface area contributed by atoms with E-state index < -0.39 is 0 Å². The lowest BCUT2D eigenvalue weighted by Gasteiger charge is -2.18. The second-order valence-electron chi connectivity index (χ2n) is 5.09. The van der Waals surface area contributed by atoms with Crippen LogP contribution in [0.5, 0.6) is 5.75 Å². The molecule has 116 valence electrons. The van der Waals surface area contributed by atoms with E-state index in [2.05, 4.69) is 0 Å². The van der Waals surface area contributed by atoms with Crippen molar-refractivity contribution in [1.82, 2.24) is 4.90 Å². The van der Waals surface area contributed by atoms with Gasteiger partial charge in [-0.25, -0.2) is 4.39 Å². The molecule has 2 aromatic rings. The van der Waals surface area contributed by atoms with Crippen LogP contribution in [-0.4, -0.2) is 24.5 Å². The quantitative estimate of drug-likeness (QED) is 0.818. The van der Waals surface area contributed by atoms with Gasteiger partial charge in [-0.2, -0.15) is 0 Å². The van der Waals surface area contributed by atoms with Crippen LogP contribution in [0.4, 0.5) is 4.39 Å². The Hall–Kier alpha value is -2.36. The van der Waals surface area contributed by atoms with Crippen LogP contribution in [0.3, 0.4) is 0 Å². The van der Waals surface area contributed by atoms with Gasteiger partial charge in [0.05, 0.1) is 0 Å². The predicted octanol–water partition coefficient (Wildman–Crippen LogP) is 3.43. The maximum atomic E-state index is 13.6. The molecule has 0 aliphatic carbocycles. The minimum Gasteiger partial charge on any atom is -0.483 e. The van der Waals surface area contributed by atoms with Crippen molar-refractivity contribution in [3.8, 4) is 5.75 Å². The fraction of sp³-hybridized carbons (Fsp3) is 0.278. The van der Waals surface area contributed by atoms with Crippen molar-refractivity contribution in [2.45, 2.75) is 19.9 Å². The molecule has 0 aliphatic heterocycles. The Balaban J connectivity index is 1.93. The largest absolute Gasteiger partial charge is 0.483 e. The van der Waals surface area contributed by atoms with Gasteiger partial charge in [0.2, 0.25) is 0 Å². The Morgan fingerprint density at radius 3 is 2.41 bits per heavy atom. The summed E-state index contributed by atoms with van der Waals surface area (Å²) < 4.78 is 19.2. The van der Waals surface area contributed by atoms with Gasteiger partial charge in [0.15, 0.2) is 6.61 Å². The molecule has 0 spiro atoms. The topological polar surface area (TPSA) is 29.5 Å². The van der Waals surface area contributed by atoms with E-state index in [4.69, 9.17) is 4.74 Å². The summed E-state index contributed by atoms with van der Waals surface area (Å²) in [6.07, 6.45) is 0.843. The van der Waals surface area contributed by atoms with E-state index >= 15 is 0 Å². The molecule has 3 nitrogen and oxygen atoms in total. The fourth-order valence-corrected chi connectivity index (χ4v) is 2.16. The third-order valence-electron chi connectivity index (χ3n) is 3.50. The summed E-state index contributed by atoms with van der Waals surface area (Å²) in [5.74, 6) is 0.228. The van der Waals surface area contributed by atoms with Gasteiger partial charge in [-0.05, 0) is 24.1 Å². The number of hydrogen-bond acceptors (Lipinski definition) is 2. The summed E-state index contributed by atoms with van der Waals surface area (Å²) in [5.41, 5.74) is 1.55. The lowest BCUT2D eigenvalue weighted by Crippen LogP contribution is -2.31. The number of amides is 1. The van der Waals surface area contributed by atoms with E-state index in [-0.39, 0.29) is 24.9 Å². The van der Waals surface area contributed by atoms with Gasteiger partial charge in [0.25, 0.3) is 5.91 Å². The van der Waals surface area contributed by atoms with Gasteiger partial charge in [0, 0.05) is 19.2 Å². The Morgan fingerprint density at radius 2 is 1.73 bits per heavy atom. The SMILES string of the molecule is CCc1ccccc1OCC(=O)N(C)Cc1ccccc1F. The molecule has 0 N–H and O–H groups in total. The Bertz CT molecular complexity index is 642. The fourth-order valence-electron chi connectivity index (χ4n) is 2.16. The molecule has 0 saturated heterocycles. The van der Waals surface area contributed by atoms with E-state index in [1.807, 2.05) is 31.2 Å². The van der Waals surface area contributed by atoms with Crippen LogP contribution in [0.25, 0.3) is 0 Å². The average Bonchev–Trinajstić information content (AvgIpc) is 2.54. The molecular weight excluding hydrogens is 281 g/mol. The highest BCUT2D eigenvalue weighted by Crippen LogP contribution is 2.18. The summed E-state index contributed by atoms with van der Waals surface area (Å²) in [4.78, 5) is 13.6. The molecule has 0 unspecified atom stereocenters. The second-order valence-corrected chi connectivity index (χ2v) is 5.09. The maximum absolute atomic E-state index is 13.6. The maximum Gasteiger partial charge on any atom is 0.260 e. The lowest BCUT2D eigenvalue weighted by molar-refractivity contribution is -0.132. The van der Waals surface area contributed by atoms with E-state index in [1.54, 1.807) is 25.2 Å². The van der Waals surface area contributed by atoms with Crippen molar-refractivity contribution in [2.75, 3.05) is 13.7 Å². The first kappa shape index (κ1) is 16.0. The molecule has 2 rings (SSSR count). The Kier molecular flexibility index (Phi) is 5.53. The Morgan fingerprint density at radius 1 is 1.09 bits per heavy atom. The monoisotopic (exact) mass is 301 g/mol. The van der Waals surface area contributed by atoms with Gasteiger partial charge in [-0.15, -0.1) is 0 Å². The molecule has 0 saturated carbocycles. The molecule has 1 amide bonds. The van der Waals surface area contributed by atoms with Crippen molar-refractivity contribution in [2.24, 2.45) is 0 Å². The average molecular weight is 301 g/mol. The molecule has 4 heteroatoms. The van der Waals surface area contributed by atoms with Crippen molar-refractivity contribution in [3.05, 3.63) is 65.5 Å². The number of benzene rings is 2. The van der Waals surface area contributed by atoms with Crippen LogP contribution >= 0.6 is 0 Å². The zero-order valence-corrected chi connectivity index (χ0v) is 12.9. The zero-order chi connectivity index (χ0) is 15.9. The highest BCUT2D eigenvalue weighted by Gasteiger charge is 2.13. The van der Waals surface area contributed by atoms with Crippen molar-refractivity contribution < 1.29 is 13.9 Å². The Labute approximate surface area is 130 Å². The minimum atomic E-state index is -0.306. The lowest BCUT2D eigenvalue weighted by atomic mass is 10.1. The number of ether oxygens (including phenoxy) is 1. The van der Waals surface area contributed by atoms with Gasteiger partial charge >= 0.3 is 0 Å². The number of likely N-dealkylation sites (N-methyl/N-ethyl adjacent to an activating group) is 1. The van der Waals surface area contributed by atoms with E-state index in [0.717, 1.165) is 17.7 Å².